The fourth-order valence-corrected chi connectivity index (χ4v) is 4.14. The van der Waals surface area contributed by atoms with Crippen molar-refractivity contribution in [1.82, 2.24) is 15.2 Å². The van der Waals surface area contributed by atoms with Crippen molar-refractivity contribution in [3.05, 3.63) is 53.3 Å². The van der Waals surface area contributed by atoms with Gasteiger partial charge < -0.3 is 25.0 Å². The average molecular weight is 431 g/mol. The molecule has 8 heteroatoms. The maximum absolute atomic E-state index is 12.6. The molecule has 2 N–H and O–H groups in total. The third-order valence-electron chi connectivity index (χ3n) is 5.71. The van der Waals surface area contributed by atoms with Crippen LogP contribution in [0.3, 0.4) is 0 Å². The maximum Gasteiger partial charge on any atom is 0.319 e. The summed E-state index contributed by atoms with van der Waals surface area (Å²) in [6.45, 7) is 4.49. The largest absolute Gasteiger partial charge is 0.495 e. The number of carbonyl (C=O) groups is 1. The average Bonchev–Trinajstić information content (AvgIpc) is 2.73. The highest BCUT2D eigenvalue weighted by Crippen LogP contribution is 2.28. The van der Waals surface area contributed by atoms with Crippen molar-refractivity contribution < 1.29 is 14.3 Å². The zero-order valence-electron chi connectivity index (χ0n) is 17.0. The van der Waals surface area contributed by atoms with Gasteiger partial charge in [-0.3, -0.25) is 4.98 Å². The van der Waals surface area contributed by atoms with Crippen molar-refractivity contribution in [3.8, 4) is 5.75 Å². The number of aromatic nitrogens is 1. The molecule has 4 rings (SSSR count). The maximum atomic E-state index is 12.6. The minimum atomic E-state index is -0.221. The third-order valence-corrected chi connectivity index (χ3v) is 5.97. The van der Waals surface area contributed by atoms with E-state index in [4.69, 9.17) is 21.1 Å². The number of hydrogen-bond acceptors (Lipinski definition) is 5. The molecule has 0 radical (unpaired) electrons. The minimum Gasteiger partial charge on any atom is -0.495 e. The van der Waals surface area contributed by atoms with Crippen LogP contribution in [0.4, 0.5) is 10.5 Å². The van der Waals surface area contributed by atoms with E-state index in [0.29, 0.717) is 16.6 Å². The van der Waals surface area contributed by atoms with E-state index in [2.05, 4.69) is 20.5 Å². The number of carbonyl (C=O) groups excluding carboxylic acids is 1. The first-order valence-electron chi connectivity index (χ1n) is 10.2. The van der Waals surface area contributed by atoms with Crippen LogP contribution in [-0.4, -0.2) is 61.9 Å². The molecule has 2 fully saturated rings. The molecule has 0 aliphatic carbocycles. The first-order chi connectivity index (χ1) is 14.6. The Morgan fingerprint density at radius 3 is 2.70 bits per heavy atom. The second-order valence-electron chi connectivity index (χ2n) is 7.89. The molecule has 1 aromatic heterocycles. The van der Waals surface area contributed by atoms with Crippen molar-refractivity contribution >= 4 is 23.3 Å². The number of pyridine rings is 1. The van der Waals surface area contributed by atoms with Crippen molar-refractivity contribution in [3.63, 3.8) is 0 Å². The van der Waals surface area contributed by atoms with Gasteiger partial charge in [0.2, 0.25) is 0 Å². The molecule has 0 saturated carbocycles. The molecule has 2 aromatic rings. The zero-order chi connectivity index (χ0) is 20.9. The lowest BCUT2D eigenvalue weighted by atomic mass is 9.88. The third kappa shape index (κ3) is 5.22. The molecule has 30 heavy (non-hydrogen) atoms. The second kappa shape index (κ2) is 9.64. The summed E-state index contributed by atoms with van der Waals surface area (Å²) in [5, 5.41) is 6.68. The molecule has 2 atom stereocenters. The lowest BCUT2D eigenvalue weighted by Gasteiger charge is -2.41. The number of nitrogens with zero attached hydrogens (tertiary/aromatic N) is 2. The number of methoxy groups -OCH3 is 1. The number of amides is 2. The molecule has 2 aliphatic heterocycles. The second-order valence-corrected chi connectivity index (χ2v) is 8.33. The van der Waals surface area contributed by atoms with Gasteiger partial charge in [0.05, 0.1) is 26.5 Å². The Balaban J connectivity index is 1.44. The van der Waals surface area contributed by atoms with Crippen molar-refractivity contribution in [2.24, 2.45) is 5.92 Å². The van der Waals surface area contributed by atoms with Crippen LogP contribution in [0.1, 0.15) is 18.0 Å². The molecule has 0 spiro atoms. The standard InChI is InChI=1S/C22H27ClN4O3/c1-29-18-6-7-20(24-10-18)19-12-27(11-15-13-30-14-15)9-8-21(19)26-22(28)25-17-4-2-16(23)3-5-17/h2-7,10,15,19,21H,8-9,11-14H2,1H3,(H2,25,26,28)/t19-,21+/m0/s1. The van der Waals surface area contributed by atoms with Crippen LogP contribution in [0.5, 0.6) is 5.75 Å². The number of halogens is 1. The van der Waals surface area contributed by atoms with Gasteiger partial charge in [-0.15, -0.1) is 0 Å². The summed E-state index contributed by atoms with van der Waals surface area (Å²) in [7, 11) is 1.63. The number of ether oxygens (including phenoxy) is 2. The minimum absolute atomic E-state index is 0.00733. The lowest BCUT2D eigenvalue weighted by molar-refractivity contribution is -0.0499. The van der Waals surface area contributed by atoms with Crippen molar-refractivity contribution in [1.29, 1.82) is 0 Å². The summed E-state index contributed by atoms with van der Waals surface area (Å²) in [6.07, 6.45) is 2.60. The van der Waals surface area contributed by atoms with E-state index in [-0.39, 0.29) is 18.0 Å². The van der Waals surface area contributed by atoms with Gasteiger partial charge in [-0.05, 0) is 42.8 Å². The predicted octanol–water partition coefficient (Wildman–Crippen LogP) is 3.37. The summed E-state index contributed by atoms with van der Waals surface area (Å²) in [5.74, 6) is 1.43. The Morgan fingerprint density at radius 1 is 1.27 bits per heavy atom. The number of urea groups is 1. The van der Waals surface area contributed by atoms with Crippen molar-refractivity contribution in [2.75, 3.05) is 45.3 Å². The van der Waals surface area contributed by atoms with Gasteiger partial charge in [0.1, 0.15) is 5.75 Å². The summed E-state index contributed by atoms with van der Waals surface area (Å²) >= 11 is 5.92. The Hall–Kier alpha value is -2.35. The van der Waals surface area contributed by atoms with Gasteiger partial charge in [-0.1, -0.05) is 11.6 Å². The molecular formula is C22H27ClN4O3. The van der Waals surface area contributed by atoms with Gasteiger partial charge in [0.15, 0.2) is 0 Å². The first-order valence-corrected chi connectivity index (χ1v) is 10.6. The number of nitrogens with one attached hydrogen (secondary N) is 2. The van der Waals surface area contributed by atoms with Crippen molar-refractivity contribution in [2.45, 2.75) is 18.4 Å². The molecule has 2 saturated heterocycles. The van der Waals surface area contributed by atoms with E-state index in [1.165, 1.54) is 0 Å². The van der Waals surface area contributed by atoms with Crippen LogP contribution in [0.15, 0.2) is 42.6 Å². The summed E-state index contributed by atoms with van der Waals surface area (Å²) in [6, 6.07) is 10.8. The highest BCUT2D eigenvalue weighted by molar-refractivity contribution is 6.30. The van der Waals surface area contributed by atoms with Gasteiger partial charge >= 0.3 is 6.03 Å². The van der Waals surface area contributed by atoms with Gasteiger partial charge in [0, 0.05) is 53.9 Å². The van der Waals surface area contributed by atoms with Crippen LogP contribution >= 0.6 is 11.6 Å². The first kappa shape index (κ1) is 20.9. The lowest BCUT2D eigenvalue weighted by Crippen LogP contribution is -2.52. The number of benzene rings is 1. The fourth-order valence-electron chi connectivity index (χ4n) is 4.01. The zero-order valence-corrected chi connectivity index (χ0v) is 17.8. The molecular weight excluding hydrogens is 404 g/mol. The smallest absolute Gasteiger partial charge is 0.319 e. The van der Waals surface area contributed by atoms with E-state index in [1.54, 1.807) is 37.6 Å². The van der Waals surface area contributed by atoms with Crippen LogP contribution < -0.4 is 15.4 Å². The highest BCUT2D eigenvalue weighted by Gasteiger charge is 2.34. The molecule has 2 amide bonds. The number of piperidine rings is 1. The summed E-state index contributed by atoms with van der Waals surface area (Å²) < 4.78 is 10.6. The van der Waals surface area contributed by atoms with E-state index in [0.717, 1.165) is 50.7 Å². The Morgan fingerprint density at radius 2 is 2.07 bits per heavy atom. The Labute approximate surface area is 181 Å². The fraction of sp³-hybridized carbons (Fsp3) is 0.455. The Bertz CT molecular complexity index is 842. The molecule has 7 nitrogen and oxygen atoms in total. The van der Waals surface area contributed by atoms with Crippen LogP contribution in [0.2, 0.25) is 5.02 Å². The number of rotatable bonds is 6. The monoisotopic (exact) mass is 430 g/mol. The van der Waals surface area contributed by atoms with E-state index in [1.807, 2.05) is 12.1 Å². The van der Waals surface area contributed by atoms with E-state index < -0.39 is 0 Å². The van der Waals surface area contributed by atoms with Crippen LogP contribution in [-0.2, 0) is 4.74 Å². The number of anilines is 1. The normalized spacial score (nSPS) is 22.2. The molecule has 160 valence electrons. The topological polar surface area (TPSA) is 75.7 Å². The summed E-state index contributed by atoms with van der Waals surface area (Å²) in [5.41, 5.74) is 1.67. The molecule has 3 heterocycles. The highest BCUT2D eigenvalue weighted by atomic mass is 35.5. The molecule has 1 aromatic carbocycles. The van der Waals surface area contributed by atoms with Gasteiger partial charge in [0.25, 0.3) is 0 Å². The van der Waals surface area contributed by atoms with Crippen LogP contribution in [0.25, 0.3) is 0 Å². The quantitative estimate of drug-likeness (QED) is 0.734. The number of hydrogen-bond donors (Lipinski definition) is 2. The van der Waals surface area contributed by atoms with Gasteiger partial charge in [-0.25, -0.2) is 4.79 Å². The SMILES string of the molecule is COc1ccc([C@@H]2CN(CC3COC3)CC[C@H]2NC(=O)Nc2ccc(Cl)cc2)nc1. The summed E-state index contributed by atoms with van der Waals surface area (Å²) in [4.78, 5) is 19.7. The molecule has 2 aliphatic rings. The molecule has 0 unspecified atom stereocenters. The van der Waals surface area contributed by atoms with Gasteiger partial charge in [-0.2, -0.15) is 0 Å². The van der Waals surface area contributed by atoms with E-state index in [9.17, 15) is 4.79 Å². The number of likely N-dealkylation sites (tertiary alicyclic amines) is 1. The van der Waals surface area contributed by atoms with E-state index >= 15 is 0 Å². The Kier molecular flexibility index (Phi) is 6.72. The predicted molar refractivity (Wildman–Crippen MR) is 116 cm³/mol. The molecule has 0 bridgehead atoms. The van der Waals surface area contributed by atoms with Crippen LogP contribution in [0, 0.1) is 5.92 Å².